The van der Waals surface area contributed by atoms with Gasteiger partial charge in [0.15, 0.2) is 0 Å². The van der Waals surface area contributed by atoms with Crippen molar-refractivity contribution < 1.29 is 0 Å². The second-order valence-electron chi connectivity index (χ2n) is 4.34. The Morgan fingerprint density at radius 3 is 2.81 bits per heavy atom. The van der Waals surface area contributed by atoms with Crippen LogP contribution in [0.3, 0.4) is 0 Å². The Morgan fingerprint density at radius 2 is 2.25 bits per heavy atom. The van der Waals surface area contributed by atoms with Gasteiger partial charge in [0, 0.05) is 30.2 Å². The summed E-state index contributed by atoms with van der Waals surface area (Å²) >= 11 is 5.77. The van der Waals surface area contributed by atoms with Gasteiger partial charge in [-0.2, -0.15) is 0 Å². The van der Waals surface area contributed by atoms with E-state index in [1.54, 1.807) is 6.33 Å². The van der Waals surface area contributed by atoms with Gasteiger partial charge in [0.05, 0.1) is 0 Å². The molecule has 3 nitrogen and oxygen atoms in total. The van der Waals surface area contributed by atoms with E-state index in [4.69, 9.17) is 11.6 Å². The summed E-state index contributed by atoms with van der Waals surface area (Å²) < 4.78 is 0. The molecule has 0 unspecified atom stereocenters. The highest BCUT2D eigenvalue weighted by molar-refractivity contribution is 6.17. The first-order chi connectivity index (χ1) is 7.81. The number of hydrogen-bond donors (Lipinski definition) is 0. The van der Waals surface area contributed by atoms with Gasteiger partial charge in [0.25, 0.3) is 0 Å². The summed E-state index contributed by atoms with van der Waals surface area (Å²) in [6, 6.07) is 2.73. The SMILES string of the molecule is Cc1cc(N(CCCCl)C2CCC2)ncn1. The summed E-state index contributed by atoms with van der Waals surface area (Å²) in [5.74, 6) is 1.77. The number of halogens is 1. The Bertz CT molecular complexity index is 339. The first kappa shape index (κ1) is 11.6. The minimum Gasteiger partial charge on any atom is -0.353 e. The van der Waals surface area contributed by atoms with Crippen LogP contribution in [0.2, 0.25) is 0 Å². The number of rotatable bonds is 5. The van der Waals surface area contributed by atoms with Gasteiger partial charge in [-0.1, -0.05) is 0 Å². The van der Waals surface area contributed by atoms with Crippen LogP contribution in [0, 0.1) is 6.92 Å². The summed E-state index contributed by atoms with van der Waals surface area (Å²) in [6.07, 6.45) is 6.57. The molecule has 4 heteroatoms. The van der Waals surface area contributed by atoms with Crippen molar-refractivity contribution in [2.45, 2.75) is 38.6 Å². The third kappa shape index (κ3) is 2.64. The van der Waals surface area contributed by atoms with Crippen molar-refractivity contribution >= 4 is 17.4 Å². The van der Waals surface area contributed by atoms with Gasteiger partial charge in [-0.3, -0.25) is 0 Å². The van der Waals surface area contributed by atoms with Crippen LogP contribution >= 0.6 is 11.6 Å². The number of aromatic nitrogens is 2. The van der Waals surface area contributed by atoms with Gasteiger partial charge < -0.3 is 4.90 Å². The quantitative estimate of drug-likeness (QED) is 0.740. The van der Waals surface area contributed by atoms with E-state index in [1.165, 1.54) is 19.3 Å². The van der Waals surface area contributed by atoms with E-state index in [9.17, 15) is 0 Å². The number of alkyl halides is 1. The molecule has 0 saturated heterocycles. The Balaban J connectivity index is 2.10. The van der Waals surface area contributed by atoms with Gasteiger partial charge in [-0.05, 0) is 32.6 Å². The van der Waals surface area contributed by atoms with Crippen molar-refractivity contribution in [1.29, 1.82) is 0 Å². The largest absolute Gasteiger partial charge is 0.353 e. The van der Waals surface area contributed by atoms with Crippen LogP contribution in [0.5, 0.6) is 0 Å². The fourth-order valence-corrected chi connectivity index (χ4v) is 2.13. The molecule has 88 valence electrons. The summed E-state index contributed by atoms with van der Waals surface area (Å²) in [6.45, 7) is 3.01. The molecule has 1 aromatic heterocycles. The Morgan fingerprint density at radius 1 is 1.44 bits per heavy atom. The number of aryl methyl sites for hydroxylation is 1. The van der Waals surface area contributed by atoms with Crippen LogP contribution in [-0.4, -0.2) is 28.4 Å². The van der Waals surface area contributed by atoms with Crippen LogP contribution in [-0.2, 0) is 0 Å². The molecule has 1 heterocycles. The molecule has 0 atom stereocenters. The Hall–Kier alpha value is -0.830. The van der Waals surface area contributed by atoms with Crippen LogP contribution < -0.4 is 4.90 Å². The third-order valence-electron chi connectivity index (χ3n) is 3.13. The molecule has 16 heavy (non-hydrogen) atoms. The number of nitrogens with zero attached hydrogens (tertiary/aromatic N) is 3. The van der Waals surface area contributed by atoms with Crippen molar-refractivity contribution in [2.75, 3.05) is 17.3 Å². The minimum atomic E-state index is 0.664. The van der Waals surface area contributed by atoms with E-state index in [0.717, 1.165) is 24.5 Å². The highest BCUT2D eigenvalue weighted by Crippen LogP contribution is 2.28. The van der Waals surface area contributed by atoms with E-state index >= 15 is 0 Å². The zero-order valence-corrected chi connectivity index (χ0v) is 10.5. The zero-order valence-electron chi connectivity index (χ0n) is 9.69. The molecule has 0 bridgehead atoms. The maximum Gasteiger partial charge on any atom is 0.132 e. The fourth-order valence-electron chi connectivity index (χ4n) is 2.01. The average Bonchev–Trinajstić information content (AvgIpc) is 2.21. The molecule has 1 aromatic rings. The van der Waals surface area contributed by atoms with E-state index < -0.39 is 0 Å². The maximum atomic E-state index is 5.77. The smallest absolute Gasteiger partial charge is 0.132 e. The van der Waals surface area contributed by atoms with Gasteiger partial charge in [0.1, 0.15) is 12.1 Å². The second kappa shape index (κ2) is 5.48. The molecule has 1 fully saturated rings. The predicted molar refractivity (Wildman–Crippen MR) is 67.1 cm³/mol. The van der Waals surface area contributed by atoms with Crippen molar-refractivity contribution in [3.8, 4) is 0 Å². The molecule has 0 amide bonds. The third-order valence-corrected chi connectivity index (χ3v) is 3.40. The standard InChI is InChI=1S/C12H18ClN3/c1-10-8-12(15-9-14-10)16(7-3-6-13)11-4-2-5-11/h8-9,11H,2-7H2,1H3. The molecule has 1 aliphatic rings. The van der Waals surface area contributed by atoms with Gasteiger partial charge in [0.2, 0.25) is 0 Å². The van der Waals surface area contributed by atoms with Crippen molar-refractivity contribution in [3.63, 3.8) is 0 Å². The summed E-state index contributed by atoms with van der Waals surface area (Å²) in [4.78, 5) is 10.9. The van der Waals surface area contributed by atoms with E-state index in [1.807, 2.05) is 6.92 Å². The van der Waals surface area contributed by atoms with Crippen molar-refractivity contribution in [1.82, 2.24) is 9.97 Å². The van der Waals surface area contributed by atoms with Crippen LogP contribution in [0.1, 0.15) is 31.4 Å². The lowest BCUT2D eigenvalue weighted by Crippen LogP contribution is -2.41. The van der Waals surface area contributed by atoms with E-state index in [0.29, 0.717) is 11.9 Å². The molecule has 2 rings (SSSR count). The lowest BCUT2D eigenvalue weighted by molar-refractivity contribution is 0.384. The molecule has 0 aromatic carbocycles. The molecular weight excluding hydrogens is 222 g/mol. The average molecular weight is 240 g/mol. The summed E-state index contributed by atoms with van der Waals surface area (Å²) in [7, 11) is 0. The summed E-state index contributed by atoms with van der Waals surface area (Å²) in [5.41, 5.74) is 1.03. The lowest BCUT2D eigenvalue weighted by Gasteiger charge is -2.38. The monoisotopic (exact) mass is 239 g/mol. The van der Waals surface area contributed by atoms with Gasteiger partial charge in [-0.25, -0.2) is 9.97 Å². The molecule has 1 saturated carbocycles. The Kier molecular flexibility index (Phi) is 3.99. The van der Waals surface area contributed by atoms with Crippen molar-refractivity contribution in [3.05, 3.63) is 18.1 Å². The molecule has 1 aliphatic carbocycles. The predicted octanol–water partition coefficient (Wildman–Crippen LogP) is 2.77. The topological polar surface area (TPSA) is 29.0 Å². The maximum absolute atomic E-state index is 5.77. The van der Waals surface area contributed by atoms with Gasteiger partial charge >= 0.3 is 0 Å². The first-order valence-corrected chi connectivity index (χ1v) is 6.46. The number of hydrogen-bond acceptors (Lipinski definition) is 3. The highest BCUT2D eigenvalue weighted by Gasteiger charge is 2.25. The lowest BCUT2D eigenvalue weighted by atomic mass is 9.91. The highest BCUT2D eigenvalue weighted by atomic mass is 35.5. The molecule has 0 radical (unpaired) electrons. The second-order valence-corrected chi connectivity index (χ2v) is 4.72. The summed E-state index contributed by atoms with van der Waals surface area (Å²) in [5, 5.41) is 0. The van der Waals surface area contributed by atoms with Crippen molar-refractivity contribution in [2.24, 2.45) is 0 Å². The van der Waals surface area contributed by atoms with Crippen LogP contribution in [0.4, 0.5) is 5.82 Å². The van der Waals surface area contributed by atoms with Gasteiger partial charge in [-0.15, -0.1) is 11.6 Å². The molecule has 0 aliphatic heterocycles. The normalized spacial score (nSPS) is 15.9. The fraction of sp³-hybridized carbons (Fsp3) is 0.667. The van der Waals surface area contributed by atoms with E-state index in [2.05, 4.69) is 20.9 Å². The Labute approximate surface area is 102 Å². The van der Waals surface area contributed by atoms with Crippen LogP contribution in [0.25, 0.3) is 0 Å². The van der Waals surface area contributed by atoms with Crippen LogP contribution in [0.15, 0.2) is 12.4 Å². The molecule has 0 spiro atoms. The van der Waals surface area contributed by atoms with E-state index in [-0.39, 0.29) is 0 Å². The zero-order chi connectivity index (χ0) is 11.4. The first-order valence-electron chi connectivity index (χ1n) is 5.92. The molecular formula is C12H18ClN3. The number of anilines is 1. The minimum absolute atomic E-state index is 0.664. The molecule has 0 N–H and O–H groups in total.